The van der Waals surface area contributed by atoms with E-state index in [1.807, 2.05) is 12.1 Å². The Bertz CT molecular complexity index is 947. The van der Waals surface area contributed by atoms with Gasteiger partial charge in [-0.3, -0.25) is 4.57 Å². The first kappa shape index (κ1) is 17.3. The van der Waals surface area contributed by atoms with Crippen molar-refractivity contribution < 1.29 is 9.26 Å². The second-order valence-corrected chi connectivity index (χ2v) is 7.25. The summed E-state index contributed by atoms with van der Waals surface area (Å²) < 4.78 is 12.5. The summed E-state index contributed by atoms with van der Waals surface area (Å²) >= 11 is 7.35. The summed E-state index contributed by atoms with van der Waals surface area (Å²) in [7, 11) is 0. The molecule has 8 nitrogen and oxygen atoms in total. The fraction of sp³-hybridized carbons (Fsp3) is 0.375. The van der Waals surface area contributed by atoms with E-state index in [2.05, 4.69) is 20.3 Å². The van der Waals surface area contributed by atoms with Crippen LogP contribution >= 0.6 is 23.4 Å². The van der Waals surface area contributed by atoms with Gasteiger partial charge in [0.15, 0.2) is 5.16 Å². The first-order valence-corrected chi connectivity index (χ1v) is 9.53. The largest absolute Gasteiger partial charge is 0.376 e. The molecule has 1 aromatic carbocycles. The number of halogens is 1. The zero-order valence-corrected chi connectivity index (χ0v) is 15.3. The fourth-order valence-electron chi connectivity index (χ4n) is 2.75. The molecule has 1 unspecified atom stereocenters. The normalized spacial score (nSPS) is 17.0. The van der Waals surface area contributed by atoms with Gasteiger partial charge < -0.3 is 9.26 Å². The molecular weight excluding hydrogens is 378 g/mol. The van der Waals surface area contributed by atoms with Crippen LogP contribution in [0.25, 0.3) is 11.4 Å². The molecular formula is C16H16ClN5O3S. The van der Waals surface area contributed by atoms with Gasteiger partial charge in [0.25, 0.3) is 0 Å². The minimum atomic E-state index is -0.242. The van der Waals surface area contributed by atoms with E-state index in [0.717, 1.165) is 25.0 Å². The number of thioether (sulfide) groups is 1. The van der Waals surface area contributed by atoms with E-state index < -0.39 is 0 Å². The van der Waals surface area contributed by atoms with Crippen molar-refractivity contribution in [1.82, 2.24) is 24.9 Å². The molecule has 3 aromatic rings. The van der Waals surface area contributed by atoms with Gasteiger partial charge in [-0.2, -0.15) is 4.98 Å². The van der Waals surface area contributed by atoms with Gasteiger partial charge in [0.2, 0.25) is 11.7 Å². The third-order valence-electron chi connectivity index (χ3n) is 4.01. The highest BCUT2D eigenvalue weighted by Gasteiger charge is 2.20. The maximum Gasteiger partial charge on any atom is 0.344 e. The highest BCUT2D eigenvalue weighted by atomic mass is 35.5. The Morgan fingerprint density at radius 3 is 3.15 bits per heavy atom. The Kier molecular flexibility index (Phi) is 5.09. The van der Waals surface area contributed by atoms with E-state index >= 15 is 0 Å². The van der Waals surface area contributed by atoms with E-state index in [0.29, 0.717) is 34.2 Å². The summed E-state index contributed by atoms with van der Waals surface area (Å²) in [5, 5.41) is 11.7. The molecule has 4 rings (SSSR count). The van der Waals surface area contributed by atoms with Crippen molar-refractivity contribution in [2.75, 3.05) is 6.61 Å². The van der Waals surface area contributed by atoms with E-state index in [-0.39, 0.29) is 11.8 Å². The fourth-order valence-corrected chi connectivity index (χ4v) is 3.73. The minimum absolute atomic E-state index is 0.0579. The quantitative estimate of drug-likeness (QED) is 0.643. The molecule has 0 bridgehead atoms. The van der Waals surface area contributed by atoms with E-state index in [1.54, 1.807) is 16.7 Å². The highest BCUT2D eigenvalue weighted by Crippen LogP contribution is 2.24. The Labute approximate surface area is 157 Å². The Morgan fingerprint density at radius 1 is 1.42 bits per heavy atom. The number of rotatable bonds is 6. The lowest BCUT2D eigenvalue weighted by Gasteiger charge is -2.10. The molecule has 1 aliphatic rings. The van der Waals surface area contributed by atoms with Crippen LogP contribution in [0.15, 0.2) is 38.7 Å². The van der Waals surface area contributed by atoms with Crippen molar-refractivity contribution in [1.29, 1.82) is 0 Å². The summed E-state index contributed by atoms with van der Waals surface area (Å²) in [6, 6.07) is 7.25. The van der Waals surface area contributed by atoms with Crippen LogP contribution in [0.3, 0.4) is 0 Å². The highest BCUT2D eigenvalue weighted by molar-refractivity contribution is 7.98. The zero-order chi connectivity index (χ0) is 17.9. The summed E-state index contributed by atoms with van der Waals surface area (Å²) in [6.45, 7) is 1.24. The molecule has 0 saturated carbocycles. The van der Waals surface area contributed by atoms with Gasteiger partial charge in [0.05, 0.1) is 18.4 Å². The Balaban J connectivity index is 1.44. The van der Waals surface area contributed by atoms with Crippen LogP contribution in [0.5, 0.6) is 0 Å². The second kappa shape index (κ2) is 7.65. The van der Waals surface area contributed by atoms with Crippen molar-refractivity contribution in [3.63, 3.8) is 0 Å². The molecule has 0 amide bonds. The molecule has 1 aliphatic heterocycles. The first-order valence-electron chi connectivity index (χ1n) is 8.17. The molecule has 2 aromatic heterocycles. The standard InChI is InChI=1S/C16H16ClN5O3S/c17-11-4-1-3-10(7-11)14-18-13(25-21-14)9-26-16-20-19-15(23)22(16)8-12-5-2-6-24-12/h1,3-4,7,12H,2,5-6,8-9H2,(H,19,23). The molecule has 10 heteroatoms. The average Bonchev–Trinajstić information content (AvgIpc) is 3.37. The van der Waals surface area contributed by atoms with Crippen LogP contribution in [0, 0.1) is 0 Å². The van der Waals surface area contributed by atoms with Crippen molar-refractivity contribution in [2.24, 2.45) is 0 Å². The maximum absolute atomic E-state index is 12.0. The van der Waals surface area contributed by atoms with Crippen molar-refractivity contribution in [3.8, 4) is 11.4 Å². The summed E-state index contributed by atoms with van der Waals surface area (Å²) in [4.78, 5) is 16.3. The number of aromatic amines is 1. The number of benzene rings is 1. The summed E-state index contributed by atoms with van der Waals surface area (Å²) in [5.74, 6) is 1.33. The molecule has 1 N–H and O–H groups in total. The number of aromatic nitrogens is 5. The Morgan fingerprint density at radius 2 is 2.35 bits per heavy atom. The predicted molar refractivity (Wildman–Crippen MR) is 96.1 cm³/mol. The van der Waals surface area contributed by atoms with Gasteiger partial charge in [0.1, 0.15) is 0 Å². The second-order valence-electron chi connectivity index (χ2n) is 5.87. The Hall–Kier alpha value is -2.10. The van der Waals surface area contributed by atoms with Crippen LogP contribution in [0.1, 0.15) is 18.7 Å². The van der Waals surface area contributed by atoms with Crippen molar-refractivity contribution in [3.05, 3.63) is 45.7 Å². The number of H-pyrrole nitrogens is 1. The molecule has 3 heterocycles. The van der Waals surface area contributed by atoms with Gasteiger partial charge in [-0.15, -0.1) is 5.10 Å². The van der Waals surface area contributed by atoms with Gasteiger partial charge in [-0.25, -0.2) is 9.89 Å². The minimum Gasteiger partial charge on any atom is -0.376 e. The van der Waals surface area contributed by atoms with E-state index in [4.69, 9.17) is 20.9 Å². The molecule has 1 fully saturated rings. The SMILES string of the molecule is O=c1[nH]nc(SCc2nc(-c3cccc(Cl)c3)no2)n1CC1CCCO1. The monoisotopic (exact) mass is 393 g/mol. The van der Waals surface area contributed by atoms with Gasteiger partial charge in [0, 0.05) is 17.2 Å². The lowest BCUT2D eigenvalue weighted by molar-refractivity contribution is 0.0941. The van der Waals surface area contributed by atoms with Gasteiger partial charge >= 0.3 is 5.69 Å². The topological polar surface area (TPSA) is 98.8 Å². The lowest BCUT2D eigenvalue weighted by atomic mass is 10.2. The number of nitrogens with one attached hydrogen (secondary N) is 1. The van der Waals surface area contributed by atoms with Gasteiger partial charge in [-0.1, -0.05) is 40.7 Å². The zero-order valence-electron chi connectivity index (χ0n) is 13.7. The average molecular weight is 394 g/mol. The molecule has 26 heavy (non-hydrogen) atoms. The van der Waals surface area contributed by atoms with Crippen LogP contribution < -0.4 is 5.69 Å². The van der Waals surface area contributed by atoms with Crippen molar-refractivity contribution in [2.45, 2.75) is 36.4 Å². The van der Waals surface area contributed by atoms with E-state index in [9.17, 15) is 4.79 Å². The summed E-state index contributed by atoms with van der Waals surface area (Å²) in [6.07, 6.45) is 2.03. The van der Waals surface area contributed by atoms with Crippen LogP contribution in [0.2, 0.25) is 5.02 Å². The molecule has 0 aliphatic carbocycles. The number of ether oxygens (including phenoxy) is 1. The van der Waals surface area contributed by atoms with E-state index in [1.165, 1.54) is 11.8 Å². The number of hydrogen-bond acceptors (Lipinski definition) is 7. The van der Waals surface area contributed by atoms with Crippen molar-refractivity contribution >= 4 is 23.4 Å². The third kappa shape index (κ3) is 3.84. The lowest BCUT2D eigenvalue weighted by Crippen LogP contribution is -2.24. The van der Waals surface area contributed by atoms with Crippen LogP contribution in [-0.2, 0) is 17.0 Å². The van der Waals surface area contributed by atoms with Crippen LogP contribution in [-0.4, -0.2) is 37.6 Å². The number of hydrogen-bond donors (Lipinski definition) is 1. The first-order chi connectivity index (χ1) is 12.7. The van der Waals surface area contributed by atoms with Crippen LogP contribution in [0.4, 0.5) is 0 Å². The summed E-state index contributed by atoms with van der Waals surface area (Å²) in [5.41, 5.74) is 0.542. The molecule has 1 atom stereocenters. The molecule has 136 valence electrons. The predicted octanol–water partition coefficient (Wildman–Crippen LogP) is 2.75. The third-order valence-corrected chi connectivity index (χ3v) is 5.21. The molecule has 0 radical (unpaired) electrons. The smallest absolute Gasteiger partial charge is 0.344 e. The number of nitrogens with zero attached hydrogens (tertiary/aromatic N) is 4. The molecule has 0 spiro atoms. The van der Waals surface area contributed by atoms with Gasteiger partial charge in [-0.05, 0) is 25.0 Å². The molecule has 1 saturated heterocycles. The maximum atomic E-state index is 12.0.